The molecule has 0 saturated carbocycles. The van der Waals surface area contributed by atoms with Gasteiger partial charge in [0, 0.05) is 21.1 Å². The zero-order valence-corrected chi connectivity index (χ0v) is 19.0. The topological polar surface area (TPSA) is 17.8 Å². The maximum atomic E-state index is 5.05. The van der Waals surface area contributed by atoms with Gasteiger partial charge in [-0.3, -0.25) is 4.57 Å². The highest BCUT2D eigenvalue weighted by molar-refractivity contribution is 9.10. The molecule has 1 aromatic heterocycles. The van der Waals surface area contributed by atoms with E-state index in [0.29, 0.717) is 0 Å². The van der Waals surface area contributed by atoms with Crippen molar-refractivity contribution in [2.75, 3.05) is 0 Å². The Balaban J connectivity index is 1.60. The average molecular weight is 465 g/mol. The van der Waals surface area contributed by atoms with Crippen LogP contribution in [0.3, 0.4) is 0 Å². The molecular formula is C28H21BrN2. The van der Waals surface area contributed by atoms with E-state index in [1.807, 2.05) is 0 Å². The largest absolute Gasteiger partial charge is 0.292 e. The number of para-hydroxylation sites is 3. The van der Waals surface area contributed by atoms with Crippen LogP contribution in [-0.4, -0.2) is 9.55 Å². The quantitative estimate of drug-likeness (QED) is 0.261. The van der Waals surface area contributed by atoms with E-state index in [9.17, 15) is 0 Å². The lowest BCUT2D eigenvalue weighted by Crippen LogP contribution is -2.15. The van der Waals surface area contributed by atoms with Crippen LogP contribution in [0.25, 0.3) is 39.2 Å². The van der Waals surface area contributed by atoms with Crippen molar-refractivity contribution in [2.24, 2.45) is 0 Å². The predicted octanol–water partition coefficient (Wildman–Crippen LogP) is 7.76. The van der Waals surface area contributed by atoms with E-state index >= 15 is 0 Å². The molecule has 0 N–H and O–H groups in total. The summed E-state index contributed by atoms with van der Waals surface area (Å²) in [6.45, 7) is 4.63. The molecule has 0 aliphatic heterocycles. The molecule has 5 aromatic rings. The summed E-state index contributed by atoms with van der Waals surface area (Å²) in [4.78, 5) is 5.05. The third-order valence-electron chi connectivity index (χ3n) is 6.47. The monoisotopic (exact) mass is 464 g/mol. The van der Waals surface area contributed by atoms with E-state index in [0.717, 1.165) is 32.6 Å². The molecule has 0 saturated heterocycles. The van der Waals surface area contributed by atoms with E-state index < -0.39 is 0 Å². The Morgan fingerprint density at radius 1 is 0.742 bits per heavy atom. The first kappa shape index (κ1) is 18.6. The van der Waals surface area contributed by atoms with Crippen LogP contribution in [0.4, 0.5) is 0 Å². The van der Waals surface area contributed by atoms with Crippen molar-refractivity contribution in [2.45, 2.75) is 19.3 Å². The van der Waals surface area contributed by atoms with Gasteiger partial charge in [0.25, 0.3) is 0 Å². The molecule has 4 aromatic carbocycles. The zero-order valence-electron chi connectivity index (χ0n) is 17.4. The van der Waals surface area contributed by atoms with Crippen molar-refractivity contribution in [3.8, 4) is 28.2 Å². The van der Waals surface area contributed by atoms with Gasteiger partial charge in [0.15, 0.2) is 0 Å². The molecule has 6 rings (SSSR count). The van der Waals surface area contributed by atoms with Crippen molar-refractivity contribution in [1.82, 2.24) is 9.55 Å². The Labute approximate surface area is 190 Å². The minimum absolute atomic E-state index is 0.0615. The molecule has 0 bridgehead atoms. The molecule has 3 heteroatoms. The Bertz CT molecular complexity index is 1460. The van der Waals surface area contributed by atoms with Crippen LogP contribution in [0.2, 0.25) is 0 Å². The molecule has 0 spiro atoms. The fraction of sp³-hybridized carbons (Fsp3) is 0.107. The molecule has 1 aliphatic rings. The number of aromatic nitrogens is 2. The van der Waals surface area contributed by atoms with Crippen molar-refractivity contribution in [1.29, 1.82) is 0 Å². The third kappa shape index (κ3) is 2.73. The molecule has 150 valence electrons. The Morgan fingerprint density at radius 2 is 1.42 bits per heavy atom. The van der Waals surface area contributed by atoms with Crippen molar-refractivity contribution in [3.63, 3.8) is 0 Å². The maximum Gasteiger partial charge on any atom is 0.145 e. The second kappa shape index (κ2) is 6.66. The van der Waals surface area contributed by atoms with E-state index in [1.54, 1.807) is 0 Å². The summed E-state index contributed by atoms with van der Waals surface area (Å²) < 4.78 is 3.39. The molecule has 0 radical (unpaired) electrons. The van der Waals surface area contributed by atoms with Crippen LogP contribution in [0.1, 0.15) is 25.0 Å². The van der Waals surface area contributed by atoms with Crippen LogP contribution >= 0.6 is 15.9 Å². The number of rotatable bonds is 2. The first-order valence-corrected chi connectivity index (χ1v) is 11.3. The van der Waals surface area contributed by atoms with Gasteiger partial charge >= 0.3 is 0 Å². The lowest BCUT2D eigenvalue weighted by atomic mass is 9.82. The highest BCUT2D eigenvalue weighted by Crippen LogP contribution is 2.50. The Hall–Kier alpha value is -3.17. The minimum atomic E-state index is -0.0615. The molecule has 0 fully saturated rings. The van der Waals surface area contributed by atoms with Crippen molar-refractivity contribution in [3.05, 3.63) is 107 Å². The normalized spacial score (nSPS) is 13.9. The average Bonchev–Trinajstić information content (AvgIpc) is 3.28. The van der Waals surface area contributed by atoms with E-state index in [2.05, 4.69) is 125 Å². The summed E-state index contributed by atoms with van der Waals surface area (Å²) >= 11 is 3.65. The highest BCUT2D eigenvalue weighted by Gasteiger charge is 2.36. The maximum absolute atomic E-state index is 5.05. The summed E-state index contributed by atoms with van der Waals surface area (Å²) in [6.07, 6.45) is 0. The van der Waals surface area contributed by atoms with E-state index in [4.69, 9.17) is 4.98 Å². The van der Waals surface area contributed by atoms with Crippen LogP contribution in [0.15, 0.2) is 95.5 Å². The van der Waals surface area contributed by atoms with Gasteiger partial charge in [-0.2, -0.15) is 0 Å². The van der Waals surface area contributed by atoms with Crippen LogP contribution in [-0.2, 0) is 5.41 Å². The van der Waals surface area contributed by atoms with Gasteiger partial charge in [-0.25, -0.2) is 4.98 Å². The van der Waals surface area contributed by atoms with Gasteiger partial charge in [-0.1, -0.05) is 78.3 Å². The molecule has 31 heavy (non-hydrogen) atoms. The lowest BCUT2D eigenvalue weighted by Gasteiger charge is -2.22. The van der Waals surface area contributed by atoms with Crippen LogP contribution < -0.4 is 0 Å². The van der Waals surface area contributed by atoms with E-state index in [-0.39, 0.29) is 5.41 Å². The summed E-state index contributed by atoms with van der Waals surface area (Å²) in [5.74, 6) is 0.975. The summed E-state index contributed by atoms with van der Waals surface area (Å²) in [6, 6.07) is 32.3. The Morgan fingerprint density at radius 3 is 2.23 bits per heavy atom. The Kier molecular flexibility index (Phi) is 4.00. The van der Waals surface area contributed by atoms with Crippen molar-refractivity contribution >= 4 is 27.0 Å². The van der Waals surface area contributed by atoms with Crippen LogP contribution in [0, 0.1) is 0 Å². The molecule has 1 heterocycles. The van der Waals surface area contributed by atoms with Crippen molar-refractivity contribution < 1.29 is 0 Å². The standard InChI is InChI=1S/C28H21BrN2/c1-28(2)23-16-18(12-14-21(23)22-15-13-19(29)17-24(22)28)27-30-25-10-6-7-11-26(25)31(27)20-8-4-3-5-9-20/h3-17H,1-2H3. The number of hydrogen-bond acceptors (Lipinski definition) is 1. The number of fused-ring (bicyclic) bond motifs is 4. The molecule has 0 unspecified atom stereocenters. The van der Waals surface area contributed by atoms with Crippen LogP contribution in [0.5, 0.6) is 0 Å². The highest BCUT2D eigenvalue weighted by atomic mass is 79.9. The molecule has 2 nitrogen and oxygen atoms in total. The number of halogens is 1. The van der Waals surface area contributed by atoms with Gasteiger partial charge in [0.2, 0.25) is 0 Å². The number of nitrogens with zero attached hydrogens (tertiary/aromatic N) is 2. The van der Waals surface area contributed by atoms with Gasteiger partial charge in [-0.15, -0.1) is 0 Å². The number of hydrogen-bond donors (Lipinski definition) is 0. The van der Waals surface area contributed by atoms with E-state index in [1.165, 1.54) is 22.3 Å². The third-order valence-corrected chi connectivity index (χ3v) is 6.96. The fourth-order valence-electron chi connectivity index (χ4n) is 4.91. The first-order valence-electron chi connectivity index (χ1n) is 10.5. The fourth-order valence-corrected chi connectivity index (χ4v) is 5.27. The minimum Gasteiger partial charge on any atom is -0.292 e. The molecule has 0 amide bonds. The summed E-state index contributed by atoms with van der Waals surface area (Å²) in [7, 11) is 0. The number of imidazole rings is 1. The second-order valence-electron chi connectivity index (χ2n) is 8.67. The molecular weight excluding hydrogens is 444 g/mol. The molecule has 0 atom stereocenters. The summed E-state index contributed by atoms with van der Waals surface area (Å²) in [5.41, 5.74) is 9.69. The summed E-state index contributed by atoms with van der Waals surface area (Å²) in [5, 5.41) is 0. The SMILES string of the molecule is CC1(C)c2cc(Br)ccc2-c2ccc(-c3nc4ccccc4n3-c3ccccc3)cc21. The van der Waals surface area contributed by atoms with Gasteiger partial charge in [0.1, 0.15) is 5.82 Å². The predicted molar refractivity (Wildman–Crippen MR) is 132 cm³/mol. The molecule has 1 aliphatic carbocycles. The van der Waals surface area contributed by atoms with Gasteiger partial charge in [0.05, 0.1) is 11.0 Å². The van der Waals surface area contributed by atoms with Gasteiger partial charge in [-0.05, 0) is 64.7 Å². The first-order chi connectivity index (χ1) is 15.0. The second-order valence-corrected chi connectivity index (χ2v) is 9.59. The smallest absolute Gasteiger partial charge is 0.145 e. The van der Waals surface area contributed by atoms with Gasteiger partial charge < -0.3 is 0 Å². The lowest BCUT2D eigenvalue weighted by molar-refractivity contribution is 0.660. The number of benzene rings is 4. The zero-order chi connectivity index (χ0) is 21.2.